The molecule has 0 bridgehead atoms. The van der Waals surface area contributed by atoms with Crippen molar-refractivity contribution in [2.45, 2.75) is 19.9 Å². The quantitative estimate of drug-likeness (QED) is 0.860. The predicted molar refractivity (Wildman–Crippen MR) is 76.5 cm³/mol. The van der Waals surface area contributed by atoms with E-state index in [0.717, 1.165) is 29.1 Å². The third kappa shape index (κ3) is 4.49. The Morgan fingerprint density at radius 2 is 2.25 bits per heavy atom. The Balaban J connectivity index is 2.50. The van der Waals surface area contributed by atoms with Crippen LogP contribution in [-0.4, -0.2) is 23.6 Å². The van der Waals surface area contributed by atoms with Gasteiger partial charge in [0.25, 0.3) is 0 Å². The molecule has 0 fully saturated rings. The van der Waals surface area contributed by atoms with Crippen molar-refractivity contribution in [1.82, 2.24) is 10.2 Å². The fraction of sp³-hybridized carbons (Fsp3) is 0.417. The van der Waals surface area contributed by atoms with E-state index < -0.39 is 0 Å². The molecule has 2 nitrogen and oxygen atoms in total. The van der Waals surface area contributed by atoms with Gasteiger partial charge in [-0.1, -0.05) is 35.0 Å². The summed E-state index contributed by atoms with van der Waals surface area (Å²) < 4.78 is 1.10. The maximum atomic E-state index is 5.28. The van der Waals surface area contributed by atoms with Crippen LogP contribution in [0, 0.1) is 0 Å². The van der Waals surface area contributed by atoms with Crippen LogP contribution in [-0.2, 0) is 6.54 Å². The van der Waals surface area contributed by atoms with Crippen LogP contribution in [0.15, 0.2) is 28.7 Å². The Bertz CT molecular complexity index is 355. The standard InChI is InChI=1S/C12H17BrN2S/c1-3-7-14-12(16)15(2)9-10-5-4-6-11(13)8-10/h4-6,8H,3,7,9H2,1-2H3,(H,14,16). The summed E-state index contributed by atoms with van der Waals surface area (Å²) in [6.45, 7) is 3.89. The van der Waals surface area contributed by atoms with E-state index in [0.29, 0.717) is 0 Å². The SMILES string of the molecule is CCCNC(=S)N(C)Cc1cccc(Br)c1. The van der Waals surface area contributed by atoms with Gasteiger partial charge in [0.05, 0.1) is 0 Å². The lowest BCUT2D eigenvalue weighted by atomic mass is 10.2. The summed E-state index contributed by atoms with van der Waals surface area (Å²) in [7, 11) is 2.01. The van der Waals surface area contributed by atoms with Crippen molar-refractivity contribution in [3.63, 3.8) is 0 Å². The summed E-state index contributed by atoms with van der Waals surface area (Å²) in [6.07, 6.45) is 1.09. The summed E-state index contributed by atoms with van der Waals surface area (Å²) in [5, 5.41) is 4.02. The van der Waals surface area contributed by atoms with E-state index in [2.05, 4.69) is 40.3 Å². The highest BCUT2D eigenvalue weighted by Gasteiger charge is 2.04. The Morgan fingerprint density at radius 3 is 2.88 bits per heavy atom. The molecule has 0 radical (unpaired) electrons. The van der Waals surface area contributed by atoms with Gasteiger partial charge in [-0.15, -0.1) is 0 Å². The van der Waals surface area contributed by atoms with Crippen molar-refractivity contribution >= 4 is 33.3 Å². The van der Waals surface area contributed by atoms with Crippen molar-refractivity contribution in [2.24, 2.45) is 0 Å². The van der Waals surface area contributed by atoms with Crippen molar-refractivity contribution in [1.29, 1.82) is 0 Å². The fourth-order valence-corrected chi connectivity index (χ4v) is 1.96. The highest BCUT2D eigenvalue weighted by Crippen LogP contribution is 2.12. The van der Waals surface area contributed by atoms with E-state index in [-0.39, 0.29) is 0 Å². The van der Waals surface area contributed by atoms with Gasteiger partial charge in [-0.3, -0.25) is 0 Å². The molecule has 1 aromatic carbocycles. The first-order chi connectivity index (χ1) is 7.63. The van der Waals surface area contributed by atoms with Crippen LogP contribution >= 0.6 is 28.1 Å². The highest BCUT2D eigenvalue weighted by molar-refractivity contribution is 9.10. The summed E-state index contributed by atoms with van der Waals surface area (Å²) in [4.78, 5) is 2.05. The topological polar surface area (TPSA) is 15.3 Å². The van der Waals surface area contributed by atoms with Gasteiger partial charge in [0.2, 0.25) is 0 Å². The van der Waals surface area contributed by atoms with Gasteiger partial charge in [-0.2, -0.15) is 0 Å². The van der Waals surface area contributed by atoms with Gasteiger partial charge in [0, 0.05) is 24.6 Å². The Kier molecular flexibility index (Phi) is 5.77. The molecule has 16 heavy (non-hydrogen) atoms. The lowest BCUT2D eigenvalue weighted by Gasteiger charge is -2.21. The van der Waals surface area contributed by atoms with Crippen LogP contribution in [0.1, 0.15) is 18.9 Å². The van der Waals surface area contributed by atoms with Gasteiger partial charge >= 0.3 is 0 Å². The van der Waals surface area contributed by atoms with Crippen LogP contribution in [0.2, 0.25) is 0 Å². The van der Waals surface area contributed by atoms with Crippen molar-refractivity contribution in [3.05, 3.63) is 34.3 Å². The number of rotatable bonds is 4. The molecule has 88 valence electrons. The maximum absolute atomic E-state index is 5.28. The largest absolute Gasteiger partial charge is 0.363 e. The molecule has 1 rings (SSSR count). The lowest BCUT2D eigenvalue weighted by Crippen LogP contribution is -2.36. The number of halogens is 1. The van der Waals surface area contributed by atoms with Crippen molar-refractivity contribution < 1.29 is 0 Å². The second kappa shape index (κ2) is 6.86. The third-order valence-electron chi connectivity index (χ3n) is 2.18. The number of thiocarbonyl (C=S) groups is 1. The van der Waals surface area contributed by atoms with Gasteiger partial charge in [-0.25, -0.2) is 0 Å². The summed E-state index contributed by atoms with van der Waals surface area (Å²) in [6, 6.07) is 8.27. The van der Waals surface area contributed by atoms with E-state index in [1.54, 1.807) is 0 Å². The average Bonchev–Trinajstić information content (AvgIpc) is 2.25. The molecule has 1 N–H and O–H groups in total. The van der Waals surface area contributed by atoms with E-state index in [9.17, 15) is 0 Å². The first-order valence-corrected chi connectivity index (χ1v) is 6.57. The molecule has 0 aromatic heterocycles. The van der Waals surface area contributed by atoms with Crippen molar-refractivity contribution in [2.75, 3.05) is 13.6 Å². The maximum Gasteiger partial charge on any atom is 0.168 e. The first-order valence-electron chi connectivity index (χ1n) is 5.37. The zero-order chi connectivity index (χ0) is 12.0. The van der Waals surface area contributed by atoms with E-state index in [1.165, 1.54) is 5.56 Å². The highest BCUT2D eigenvalue weighted by atomic mass is 79.9. The van der Waals surface area contributed by atoms with Gasteiger partial charge in [0.1, 0.15) is 0 Å². The van der Waals surface area contributed by atoms with Crippen LogP contribution in [0.5, 0.6) is 0 Å². The molecule has 0 aliphatic carbocycles. The lowest BCUT2D eigenvalue weighted by molar-refractivity contribution is 0.489. The Labute approximate surface area is 111 Å². The van der Waals surface area contributed by atoms with E-state index in [1.807, 2.05) is 24.1 Å². The van der Waals surface area contributed by atoms with E-state index in [4.69, 9.17) is 12.2 Å². The zero-order valence-electron chi connectivity index (χ0n) is 9.66. The van der Waals surface area contributed by atoms with Gasteiger partial charge < -0.3 is 10.2 Å². The molecule has 0 heterocycles. The average molecular weight is 301 g/mol. The molecule has 0 aliphatic rings. The number of nitrogens with zero attached hydrogens (tertiary/aromatic N) is 1. The monoisotopic (exact) mass is 300 g/mol. The Morgan fingerprint density at radius 1 is 1.50 bits per heavy atom. The number of benzene rings is 1. The van der Waals surface area contributed by atoms with Gasteiger partial charge in [0.15, 0.2) is 5.11 Å². The number of hydrogen-bond acceptors (Lipinski definition) is 1. The second-order valence-electron chi connectivity index (χ2n) is 3.72. The molecule has 0 spiro atoms. The van der Waals surface area contributed by atoms with Crippen LogP contribution in [0.4, 0.5) is 0 Å². The Hall–Kier alpha value is -0.610. The van der Waals surface area contributed by atoms with Crippen molar-refractivity contribution in [3.8, 4) is 0 Å². The molecule has 0 aliphatic heterocycles. The molecule has 1 aromatic rings. The molecule has 0 unspecified atom stereocenters. The normalized spacial score (nSPS) is 9.94. The van der Waals surface area contributed by atoms with Crippen LogP contribution in [0.25, 0.3) is 0 Å². The minimum Gasteiger partial charge on any atom is -0.363 e. The summed E-state index contributed by atoms with van der Waals surface area (Å²) in [5.74, 6) is 0. The smallest absolute Gasteiger partial charge is 0.168 e. The third-order valence-corrected chi connectivity index (χ3v) is 3.13. The molecule has 4 heteroatoms. The summed E-state index contributed by atoms with van der Waals surface area (Å²) in [5.41, 5.74) is 1.25. The molecule has 0 amide bonds. The summed E-state index contributed by atoms with van der Waals surface area (Å²) >= 11 is 8.74. The van der Waals surface area contributed by atoms with E-state index >= 15 is 0 Å². The molecule has 0 atom stereocenters. The molecule has 0 saturated heterocycles. The number of nitrogens with one attached hydrogen (secondary N) is 1. The minimum atomic E-state index is 0.807. The van der Waals surface area contributed by atoms with Crippen LogP contribution in [0.3, 0.4) is 0 Å². The van der Waals surface area contributed by atoms with Crippen LogP contribution < -0.4 is 5.32 Å². The molecular weight excluding hydrogens is 284 g/mol. The zero-order valence-corrected chi connectivity index (χ0v) is 12.1. The predicted octanol–water partition coefficient (Wildman–Crippen LogP) is 3.17. The molecular formula is C12H17BrN2S. The fourth-order valence-electron chi connectivity index (χ4n) is 1.35. The minimum absolute atomic E-state index is 0.807. The van der Waals surface area contributed by atoms with Gasteiger partial charge in [-0.05, 0) is 36.3 Å². The first kappa shape index (κ1) is 13.5. The molecule has 0 saturated carbocycles. The number of hydrogen-bond donors (Lipinski definition) is 1. The second-order valence-corrected chi connectivity index (χ2v) is 5.02.